The molecule has 2 aliphatic heterocycles. The molecule has 0 radical (unpaired) electrons. The first-order chi connectivity index (χ1) is 15.5. The van der Waals surface area contributed by atoms with Crippen LogP contribution in [0.2, 0.25) is 0 Å². The molecule has 0 spiro atoms. The fourth-order valence-electron chi connectivity index (χ4n) is 4.55. The van der Waals surface area contributed by atoms with Gasteiger partial charge in [-0.05, 0) is 61.6 Å². The fourth-order valence-corrected chi connectivity index (χ4v) is 5.18. The van der Waals surface area contributed by atoms with Crippen molar-refractivity contribution in [2.45, 2.75) is 38.1 Å². The number of carbonyl (C=O) groups excluding carboxylic acids is 3. The van der Waals surface area contributed by atoms with Crippen LogP contribution in [0.1, 0.15) is 52.1 Å². The van der Waals surface area contributed by atoms with Crippen molar-refractivity contribution in [1.29, 1.82) is 0 Å². The topological polar surface area (TPSA) is 69.7 Å². The summed E-state index contributed by atoms with van der Waals surface area (Å²) in [6.07, 6.45) is 4.23. The average molecular weight is 458 g/mol. The Morgan fingerprint density at radius 1 is 0.938 bits per heavy atom. The van der Waals surface area contributed by atoms with E-state index >= 15 is 0 Å². The number of benzene rings is 1. The number of hydrogen-bond acceptors (Lipinski definition) is 4. The highest BCUT2D eigenvalue weighted by atomic mass is 32.1. The third-order valence-corrected chi connectivity index (χ3v) is 7.24. The van der Waals surface area contributed by atoms with Crippen molar-refractivity contribution >= 4 is 29.1 Å². The number of thiophene rings is 1. The maximum absolute atomic E-state index is 14.0. The lowest BCUT2D eigenvalue weighted by atomic mass is 9.87. The van der Waals surface area contributed by atoms with Crippen LogP contribution in [0.5, 0.6) is 0 Å². The van der Waals surface area contributed by atoms with Crippen LogP contribution in [0.3, 0.4) is 0 Å². The number of carbonyl (C=O) groups is 3. The Kier molecular flexibility index (Phi) is 7.19. The summed E-state index contributed by atoms with van der Waals surface area (Å²) < 4.78 is 14.0. The number of hydrogen-bond donors (Lipinski definition) is 1. The van der Waals surface area contributed by atoms with Crippen LogP contribution in [-0.4, -0.2) is 59.7 Å². The molecule has 3 amide bonds. The zero-order valence-electron chi connectivity index (χ0n) is 18.0. The summed E-state index contributed by atoms with van der Waals surface area (Å²) in [5, 5.41) is 4.82. The Labute approximate surface area is 191 Å². The van der Waals surface area contributed by atoms with Gasteiger partial charge in [-0.2, -0.15) is 0 Å². The Morgan fingerprint density at radius 2 is 1.66 bits per heavy atom. The largest absolute Gasteiger partial charge is 0.341 e. The molecule has 8 heteroatoms. The molecule has 4 rings (SSSR count). The molecule has 0 unspecified atom stereocenters. The van der Waals surface area contributed by atoms with E-state index in [0.717, 1.165) is 32.4 Å². The van der Waals surface area contributed by atoms with Crippen molar-refractivity contribution in [2.24, 2.45) is 5.92 Å². The molecular formula is C24H28FN3O3S. The van der Waals surface area contributed by atoms with Crippen molar-refractivity contribution in [3.05, 3.63) is 58.0 Å². The zero-order valence-corrected chi connectivity index (χ0v) is 18.8. The highest BCUT2D eigenvalue weighted by molar-refractivity contribution is 7.12. The third-order valence-electron chi connectivity index (χ3n) is 6.37. The first kappa shape index (κ1) is 22.5. The van der Waals surface area contributed by atoms with Crippen LogP contribution in [-0.2, 0) is 4.79 Å². The molecule has 3 heterocycles. The van der Waals surface area contributed by atoms with Crippen molar-refractivity contribution in [3.63, 3.8) is 0 Å². The van der Waals surface area contributed by atoms with Crippen LogP contribution >= 0.6 is 11.3 Å². The predicted molar refractivity (Wildman–Crippen MR) is 121 cm³/mol. The van der Waals surface area contributed by atoms with E-state index in [-0.39, 0.29) is 29.2 Å². The molecule has 2 saturated heterocycles. The summed E-state index contributed by atoms with van der Waals surface area (Å²) in [7, 11) is 0. The van der Waals surface area contributed by atoms with E-state index in [1.807, 2.05) is 16.3 Å². The summed E-state index contributed by atoms with van der Waals surface area (Å²) in [4.78, 5) is 43.0. The first-order valence-corrected chi connectivity index (χ1v) is 12.1. The summed E-state index contributed by atoms with van der Waals surface area (Å²) in [6, 6.07) is 8.93. The molecule has 0 bridgehead atoms. The molecule has 2 aromatic rings. The van der Waals surface area contributed by atoms with Crippen LogP contribution in [0, 0.1) is 11.7 Å². The van der Waals surface area contributed by atoms with Crippen LogP contribution in [0.25, 0.3) is 0 Å². The highest BCUT2D eigenvalue weighted by Crippen LogP contribution is 2.25. The molecule has 1 atom stereocenters. The van der Waals surface area contributed by atoms with Gasteiger partial charge in [0.15, 0.2) is 0 Å². The number of nitrogens with zero attached hydrogens (tertiary/aromatic N) is 2. The molecule has 1 aromatic heterocycles. The minimum Gasteiger partial charge on any atom is -0.341 e. The Hall–Kier alpha value is -2.74. The van der Waals surface area contributed by atoms with Crippen LogP contribution < -0.4 is 5.32 Å². The summed E-state index contributed by atoms with van der Waals surface area (Å²) in [5.41, 5.74) is 0.0675. The maximum Gasteiger partial charge on any atom is 0.262 e. The lowest BCUT2D eigenvalue weighted by Crippen LogP contribution is -2.55. The number of nitrogens with one attached hydrogen (secondary N) is 1. The monoisotopic (exact) mass is 457 g/mol. The molecule has 0 saturated carbocycles. The summed E-state index contributed by atoms with van der Waals surface area (Å²) in [6.45, 7) is 2.29. The van der Waals surface area contributed by atoms with Crippen molar-refractivity contribution in [1.82, 2.24) is 15.1 Å². The molecular weight excluding hydrogens is 429 g/mol. The number of rotatable bonds is 5. The smallest absolute Gasteiger partial charge is 0.262 e. The minimum absolute atomic E-state index is 0.0338. The van der Waals surface area contributed by atoms with Crippen LogP contribution in [0.15, 0.2) is 41.8 Å². The van der Waals surface area contributed by atoms with E-state index in [1.54, 1.807) is 23.1 Å². The van der Waals surface area contributed by atoms with Gasteiger partial charge in [0.1, 0.15) is 11.9 Å². The Morgan fingerprint density at radius 3 is 2.31 bits per heavy atom. The number of amides is 3. The van der Waals surface area contributed by atoms with Gasteiger partial charge in [0.05, 0.1) is 10.4 Å². The second-order valence-corrected chi connectivity index (χ2v) is 9.37. The fraction of sp³-hybridized carbons (Fsp3) is 0.458. The van der Waals surface area contributed by atoms with Crippen molar-refractivity contribution in [3.8, 4) is 0 Å². The van der Waals surface area contributed by atoms with Gasteiger partial charge in [0.2, 0.25) is 5.91 Å². The lowest BCUT2D eigenvalue weighted by Gasteiger charge is -2.38. The van der Waals surface area contributed by atoms with E-state index in [1.165, 1.54) is 23.5 Å². The van der Waals surface area contributed by atoms with Crippen molar-refractivity contribution < 1.29 is 18.8 Å². The molecule has 0 aliphatic carbocycles. The minimum atomic E-state index is -0.617. The van der Waals surface area contributed by atoms with Gasteiger partial charge < -0.3 is 15.1 Å². The number of piperidine rings is 2. The van der Waals surface area contributed by atoms with E-state index in [2.05, 4.69) is 5.32 Å². The van der Waals surface area contributed by atoms with E-state index in [0.29, 0.717) is 30.8 Å². The van der Waals surface area contributed by atoms with Crippen LogP contribution in [0.4, 0.5) is 4.39 Å². The van der Waals surface area contributed by atoms with E-state index in [4.69, 9.17) is 0 Å². The molecule has 170 valence electrons. The van der Waals surface area contributed by atoms with Gasteiger partial charge >= 0.3 is 0 Å². The van der Waals surface area contributed by atoms with Gasteiger partial charge in [-0.25, -0.2) is 4.39 Å². The Balaban J connectivity index is 1.45. The van der Waals surface area contributed by atoms with Gasteiger partial charge in [-0.1, -0.05) is 18.2 Å². The lowest BCUT2D eigenvalue weighted by molar-refractivity contribution is -0.136. The second-order valence-electron chi connectivity index (χ2n) is 8.42. The zero-order chi connectivity index (χ0) is 22.5. The first-order valence-electron chi connectivity index (χ1n) is 11.2. The summed E-state index contributed by atoms with van der Waals surface area (Å²) in [5.74, 6) is -1.20. The number of halogens is 1. The molecule has 1 aromatic carbocycles. The molecule has 6 nitrogen and oxygen atoms in total. The molecule has 1 N–H and O–H groups in total. The normalized spacial score (nSPS) is 18.3. The van der Waals surface area contributed by atoms with Gasteiger partial charge in [-0.3, -0.25) is 14.4 Å². The third kappa shape index (κ3) is 5.01. The second kappa shape index (κ2) is 10.3. The van der Waals surface area contributed by atoms with E-state index in [9.17, 15) is 18.8 Å². The predicted octanol–water partition coefficient (Wildman–Crippen LogP) is 3.55. The standard InChI is InChI=1S/C24H28FN3O3S/c25-19-8-3-2-7-18(19)23(30)28-14-10-17(11-15-28)21(24(31)27-12-4-1-5-13-27)26-22(29)20-9-6-16-32-20/h2-3,6-9,16-17,21H,1,4-5,10-15H2,(H,26,29)/t21-/m1/s1. The molecule has 2 fully saturated rings. The Bertz CT molecular complexity index is 951. The van der Waals surface area contributed by atoms with E-state index < -0.39 is 11.9 Å². The SMILES string of the molecule is O=C(N[C@@H](C(=O)N1CCCCC1)C1CCN(C(=O)c2ccccc2F)CC1)c1cccs1. The quantitative estimate of drug-likeness (QED) is 0.747. The molecule has 32 heavy (non-hydrogen) atoms. The number of likely N-dealkylation sites (tertiary alicyclic amines) is 2. The van der Waals surface area contributed by atoms with Gasteiger partial charge in [0, 0.05) is 26.2 Å². The summed E-state index contributed by atoms with van der Waals surface area (Å²) >= 11 is 1.34. The molecule has 2 aliphatic rings. The highest BCUT2D eigenvalue weighted by Gasteiger charge is 2.37. The van der Waals surface area contributed by atoms with Gasteiger partial charge in [-0.15, -0.1) is 11.3 Å². The van der Waals surface area contributed by atoms with Gasteiger partial charge in [0.25, 0.3) is 11.8 Å². The average Bonchev–Trinajstić information content (AvgIpc) is 3.38. The maximum atomic E-state index is 14.0. The van der Waals surface area contributed by atoms with Crippen molar-refractivity contribution in [2.75, 3.05) is 26.2 Å².